The highest BCUT2D eigenvalue weighted by molar-refractivity contribution is 7.16. The van der Waals surface area contributed by atoms with Crippen LogP contribution < -0.4 is 15.7 Å². The number of carbonyl (C=O) groups excluding carboxylic acids is 1. The van der Waals surface area contributed by atoms with Crippen molar-refractivity contribution in [2.24, 2.45) is 0 Å². The minimum atomic E-state index is -0.424. The molecule has 1 aliphatic heterocycles. The van der Waals surface area contributed by atoms with Gasteiger partial charge in [0.1, 0.15) is 23.0 Å². The van der Waals surface area contributed by atoms with Gasteiger partial charge in [-0.15, -0.1) is 11.3 Å². The largest absolute Gasteiger partial charge is 0.488 e. The highest BCUT2D eigenvalue weighted by atomic mass is 35.5. The van der Waals surface area contributed by atoms with Crippen LogP contribution in [-0.2, 0) is 4.79 Å². The summed E-state index contributed by atoms with van der Waals surface area (Å²) in [6.45, 7) is 1.78. The highest BCUT2D eigenvalue weighted by Crippen LogP contribution is 2.29. The molecule has 126 valence electrons. The normalized spacial score (nSPS) is 13.1. The molecular weight excluding hydrogens is 362 g/mol. The molecule has 0 atom stereocenters. The SMILES string of the molecule is Cc1nc2sccc2c(=O)n1NC(=O)C1=Cc2cc(Cl)ccc2OC1. The van der Waals surface area contributed by atoms with Gasteiger partial charge in [-0.05, 0) is 42.6 Å². The van der Waals surface area contributed by atoms with Crippen LogP contribution in [0.25, 0.3) is 16.3 Å². The zero-order valence-corrected chi connectivity index (χ0v) is 14.6. The smallest absolute Gasteiger partial charge is 0.281 e. The van der Waals surface area contributed by atoms with Gasteiger partial charge in [0, 0.05) is 10.6 Å². The molecule has 25 heavy (non-hydrogen) atoms. The molecule has 0 unspecified atom stereocenters. The summed E-state index contributed by atoms with van der Waals surface area (Å²) in [5.74, 6) is 0.650. The number of rotatable bonds is 2. The van der Waals surface area contributed by atoms with E-state index in [4.69, 9.17) is 16.3 Å². The summed E-state index contributed by atoms with van der Waals surface area (Å²) in [5, 5.41) is 2.82. The lowest BCUT2D eigenvalue weighted by atomic mass is 10.1. The van der Waals surface area contributed by atoms with Crippen molar-refractivity contribution in [3.8, 4) is 5.75 Å². The molecule has 8 heteroatoms. The number of ether oxygens (including phenoxy) is 1. The minimum Gasteiger partial charge on any atom is -0.488 e. The van der Waals surface area contributed by atoms with Crippen molar-refractivity contribution in [3.63, 3.8) is 0 Å². The van der Waals surface area contributed by atoms with Gasteiger partial charge in [0.2, 0.25) is 0 Å². The molecule has 4 rings (SSSR count). The molecule has 3 aromatic rings. The zero-order chi connectivity index (χ0) is 17.6. The Bertz CT molecular complexity index is 1100. The first kappa shape index (κ1) is 15.9. The molecule has 2 aromatic heterocycles. The number of nitrogens with zero attached hydrogens (tertiary/aromatic N) is 2. The zero-order valence-electron chi connectivity index (χ0n) is 13.1. The summed E-state index contributed by atoms with van der Waals surface area (Å²) in [7, 11) is 0. The number of amides is 1. The predicted molar refractivity (Wildman–Crippen MR) is 97.9 cm³/mol. The Morgan fingerprint density at radius 1 is 1.40 bits per heavy atom. The van der Waals surface area contributed by atoms with Crippen LogP contribution in [0.5, 0.6) is 5.75 Å². The summed E-state index contributed by atoms with van der Waals surface area (Å²) in [5.41, 5.74) is 3.41. The van der Waals surface area contributed by atoms with E-state index in [1.54, 1.807) is 42.6 Å². The molecule has 1 aromatic carbocycles. The summed E-state index contributed by atoms with van der Waals surface area (Å²) in [6.07, 6.45) is 1.71. The third-order valence-electron chi connectivity index (χ3n) is 3.85. The Kier molecular flexibility index (Phi) is 3.82. The third kappa shape index (κ3) is 2.81. The number of hydrogen-bond acceptors (Lipinski definition) is 5. The lowest BCUT2D eigenvalue weighted by Crippen LogP contribution is -2.37. The molecule has 0 saturated carbocycles. The maximum absolute atomic E-state index is 12.6. The van der Waals surface area contributed by atoms with E-state index in [-0.39, 0.29) is 12.2 Å². The summed E-state index contributed by atoms with van der Waals surface area (Å²) >= 11 is 7.37. The number of nitrogens with one attached hydrogen (secondary N) is 1. The molecule has 0 fully saturated rings. The molecule has 0 radical (unpaired) electrons. The minimum absolute atomic E-state index is 0.113. The number of halogens is 1. The number of benzene rings is 1. The summed E-state index contributed by atoms with van der Waals surface area (Å²) in [4.78, 5) is 30.1. The number of fused-ring (bicyclic) bond motifs is 2. The Labute approximate surface area is 151 Å². The van der Waals surface area contributed by atoms with Crippen LogP contribution in [0.15, 0.2) is 40.0 Å². The standard InChI is InChI=1S/C17H12ClN3O3S/c1-9-19-16-13(4-5-25-16)17(23)21(9)20-15(22)11-6-10-7-12(18)2-3-14(10)24-8-11/h2-7H,8H2,1H3,(H,20,22). The van der Waals surface area contributed by atoms with Crippen molar-refractivity contribution < 1.29 is 9.53 Å². The second-order valence-electron chi connectivity index (χ2n) is 5.52. The van der Waals surface area contributed by atoms with Crippen LogP contribution >= 0.6 is 22.9 Å². The van der Waals surface area contributed by atoms with Crippen LogP contribution in [0.2, 0.25) is 5.02 Å². The first-order valence-corrected chi connectivity index (χ1v) is 8.70. The average molecular weight is 374 g/mol. The van der Waals surface area contributed by atoms with Gasteiger partial charge < -0.3 is 4.74 Å². The first-order valence-electron chi connectivity index (χ1n) is 7.44. The van der Waals surface area contributed by atoms with E-state index < -0.39 is 5.91 Å². The Morgan fingerprint density at radius 3 is 3.08 bits per heavy atom. The van der Waals surface area contributed by atoms with E-state index in [2.05, 4.69) is 10.4 Å². The second kappa shape index (κ2) is 6.02. The van der Waals surface area contributed by atoms with Gasteiger partial charge in [-0.3, -0.25) is 15.0 Å². The molecule has 0 bridgehead atoms. The number of carbonyl (C=O) groups is 1. The van der Waals surface area contributed by atoms with E-state index in [1.807, 2.05) is 0 Å². The number of aryl methyl sites for hydroxylation is 1. The van der Waals surface area contributed by atoms with Crippen molar-refractivity contribution >= 4 is 45.1 Å². The van der Waals surface area contributed by atoms with E-state index in [1.165, 1.54) is 11.3 Å². The molecular formula is C17H12ClN3O3S. The fourth-order valence-corrected chi connectivity index (χ4v) is 3.58. The maximum Gasteiger partial charge on any atom is 0.281 e. The van der Waals surface area contributed by atoms with Crippen molar-refractivity contribution in [2.45, 2.75) is 6.92 Å². The monoisotopic (exact) mass is 373 g/mol. The van der Waals surface area contributed by atoms with E-state index in [9.17, 15) is 9.59 Å². The van der Waals surface area contributed by atoms with Gasteiger partial charge in [-0.25, -0.2) is 9.66 Å². The predicted octanol–water partition coefficient (Wildman–Crippen LogP) is 2.97. The number of thiophene rings is 1. The van der Waals surface area contributed by atoms with Crippen LogP contribution in [0, 0.1) is 6.92 Å². The molecule has 0 spiro atoms. The van der Waals surface area contributed by atoms with Gasteiger partial charge in [0.25, 0.3) is 11.5 Å². The molecule has 3 heterocycles. The van der Waals surface area contributed by atoms with Crippen LogP contribution in [0.4, 0.5) is 0 Å². The topological polar surface area (TPSA) is 73.2 Å². The highest BCUT2D eigenvalue weighted by Gasteiger charge is 2.19. The van der Waals surface area contributed by atoms with E-state index >= 15 is 0 Å². The Hall–Kier alpha value is -2.64. The second-order valence-corrected chi connectivity index (χ2v) is 6.85. The van der Waals surface area contributed by atoms with Gasteiger partial charge >= 0.3 is 0 Å². The molecule has 0 aliphatic carbocycles. The van der Waals surface area contributed by atoms with Crippen molar-refractivity contribution in [1.82, 2.24) is 9.66 Å². The quantitative estimate of drug-likeness (QED) is 0.749. The van der Waals surface area contributed by atoms with Gasteiger partial charge in [-0.2, -0.15) is 0 Å². The fraction of sp³-hybridized carbons (Fsp3) is 0.118. The van der Waals surface area contributed by atoms with Gasteiger partial charge in [0.05, 0.1) is 11.0 Å². The third-order valence-corrected chi connectivity index (χ3v) is 4.90. The summed E-state index contributed by atoms with van der Waals surface area (Å²) < 4.78 is 6.74. The first-order chi connectivity index (χ1) is 12.0. The summed E-state index contributed by atoms with van der Waals surface area (Å²) in [6, 6.07) is 6.90. The fourth-order valence-electron chi connectivity index (χ4n) is 2.60. The van der Waals surface area contributed by atoms with Crippen LogP contribution in [0.3, 0.4) is 0 Å². The lowest BCUT2D eigenvalue weighted by molar-refractivity contribution is -0.114. The lowest BCUT2D eigenvalue weighted by Gasteiger charge is -2.18. The van der Waals surface area contributed by atoms with Gasteiger partial charge in [0.15, 0.2) is 0 Å². The molecule has 0 saturated heterocycles. The Morgan fingerprint density at radius 2 is 2.24 bits per heavy atom. The maximum atomic E-state index is 12.6. The van der Waals surface area contributed by atoms with Gasteiger partial charge in [-0.1, -0.05) is 11.6 Å². The van der Waals surface area contributed by atoms with E-state index in [0.29, 0.717) is 32.4 Å². The molecule has 6 nitrogen and oxygen atoms in total. The molecule has 1 amide bonds. The number of hydrogen-bond donors (Lipinski definition) is 1. The van der Waals surface area contributed by atoms with Crippen LogP contribution in [-0.4, -0.2) is 22.2 Å². The van der Waals surface area contributed by atoms with Crippen molar-refractivity contribution in [1.29, 1.82) is 0 Å². The van der Waals surface area contributed by atoms with E-state index in [0.717, 1.165) is 10.2 Å². The average Bonchev–Trinajstić information content (AvgIpc) is 3.06. The number of aromatic nitrogens is 2. The Balaban J connectivity index is 1.68. The molecule has 1 N–H and O–H groups in total. The van der Waals surface area contributed by atoms with Crippen molar-refractivity contribution in [2.75, 3.05) is 12.0 Å². The van der Waals surface area contributed by atoms with Crippen molar-refractivity contribution in [3.05, 3.63) is 62.0 Å². The van der Waals surface area contributed by atoms with Crippen LogP contribution in [0.1, 0.15) is 11.4 Å². The molecule has 1 aliphatic rings.